The van der Waals surface area contributed by atoms with Crippen molar-refractivity contribution in [3.63, 3.8) is 0 Å². The van der Waals surface area contributed by atoms with Crippen LogP contribution in [-0.4, -0.2) is 59.5 Å². The van der Waals surface area contributed by atoms with Gasteiger partial charge in [-0.1, -0.05) is 200 Å². The summed E-state index contributed by atoms with van der Waals surface area (Å²) in [6.07, 6.45) is 26.4. The number of ketones is 2. The average molecular weight is 1260 g/mol. The number of aromatic amines is 2. The highest BCUT2D eigenvalue weighted by Gasteiger charge is 2.31. The maximum Gasteiger partial charge on any atom is 0.233 e. The second-order valence-electron chi connectivity index (χ2n) is 24.8. The zero-order chi connectivity index (χ0) is 64.3. The molecule has 12 nitrogen and oxygen atoms in total. The Hall–Kier alpha value is -10.0. The van der Waals surface area contributed by atoms with Gasteiger partial charge < -0.3 is 25.9 Å². The smallest absolute Gasteiger partial charge is 0.233 e. The molecular weight excluding hydrogens is 1180 g/mol. The number of aryl methyl sites for hydroxylation is 3. The highest BCUT2D eigenvalue weighted by atomic mass is 35.5. The van der Waals surface area contributed by atoms with Crippen molar-refractivity contribution in [1.82, 2.24) is 34.9 Å². The summed E-state index contributed by atoms with van der Waals surface area (Å²) in [4.78, 5) is 59.7. The number of H-pyrrole nitrogens is 2. The molecule has 0 unspecified atom stereocenters. The number of anilines is 4. The van der Waals surface area contributed by atoms with E-state index in [1.165, 1.54) is 93.7 Å². The zero-order valence-corrected chi connectivity index (χ0v) is 54.6. The fourth-order valence-electron chi connectivity index (χ4n) is 13.2. The van der Waals surface area contributed by atoms with Crippen molar-refractivity contribution in [2.75, 3.05) is 29.0 Å². The maximum atomic E-state index is 13.6. The Morgan fingerprint density at radius 2 is 0.755 bits per heavy atom. The van der Waals surface area contributed by atoms with Crippen molar-refractivity contribution >= 4 is 92.8 Å². The van der Waals surface area contributed by atoms with E-state index in [9.17, 15) is 9.59 Å². The molecule has 0 radical (unpaired) electrons. The lowest BCUT2D eigenvalue weighted by atomic mass is 9.83. The maximum absolute atomic E-state index is 13.6. The SMILES string of the molecule is CCCCCCc1ccc(-c2c3nc(c(-c4ccc(CCCCCC)cc4)c4ccc([nH]4)c(-c4ccc(Nc5nc(Cl)nc(NCCNc6cccc7c6C(=O)c6ccccc6C7=O)n5)cc4)c4nc(c(-c5ccc(CCCCCC)cc5)c5ccc2[nH]5)C=C4)C=C3)cc1. The lowest BCUT2D eigenvalue weighted by molar-refractivity contribution is 0.0979. The van der Waals surface area contributed by atoms with Crippen molar-refractivity contribution in [3.8, 4) is 44.5 Å². The van der Waals surface area contributed by atoms with Gasteiger partial charge in [0.25, 0.3) is 0 Å². The quantitative estimate of drug-likeness (QED) is 0.0329. The number of fused-ring (bicyclic) bond motifs is 10. The molecule has 13 heteroatoms. The van der Waals surface area contributed by atoms with Crippen molar-refractivity contribution in [3.05, 3.63) is 231 Å². The molecular formula is C81H79ClN10O2. The first-order valence-corrected chi connectivity index (χ1v) is 34.1. The molecule has 1 aliphatic carbocycles. The van der Waals surface area contributed by atoms with E-state index in [4.69, 9.17) is 21.6 Å². The van der Waals surface area contributed by atoms with Crippen LogP contribution in [0, 0.1) is 0 Å². The molecule has 3 aliphatic rings. The summed E-state index contributed by atoms with van der Waals surface area (Å²) in [5.41, 5.74) is 22.3. The van der Waals surface area contributed by atoms with Gasteiger partial charge in [0.2, 0.25) is 17.2 Å². The van der Waals surface area contributed by atoms with Gasteiger partial charge in [0.1, 0.15) is 0 Å². The molecule has 13 rings (SSSR count). The Morgan fingerprint density at radius 1 is 0.362 bits per heavy atom. The normalized spacial score (nSPS) is 12.3. The summed E-state index contributed by atoms with van der Waals surface area (Å²) in [5.74, 6) is 0.168. The van der Waals surface area contributed by atoms with Gasteiger partial charge in [-0.05, 0) is 156 Å². The predicted octanol–water partition coefficient (Wildman–Crippen LogP) is 20.6. The third-order valence-corrected chi connectivity index (χ3v) is 18.3. The van der Waals surface area contributed by atoms with Crippen LogP contribution in [0.5, 0.6) is 0 Å². The Morgan fingerprint density at radius 3 is 1.19 bits per heavy atom. The van der Waals surface area contributed by atoms with Gasteiger partial charge in [-0.25, -0.2) is 9.97 Å². The highest BCUT2D eigenvalue weighted by molar-refractivity contribution is 6.30. The molecule has 0 fully saturated rings. The molecule has 0 saturated carbocycles. The minimum atomic E-state index is -0.186. The number of halogens is 1. The summed E-state index contributed by atoms with van der Waals surface area (Å²) < 4.78 is 0. The van der Waals surface area contributed by atoms with Crippen molar-refractivity contribution in [1.29, 1.82) is 0 Å². The first kappa shape index (κ1) is 62.8. The summed E-state index contributed by atoms with van der Waals surface area (Å²) in [6.45, 7) is 7.54. The molecule has 94 heavy (non-hydrogen) atoms. The third-order valence-electron chi connectivity index (χ3n) is 18.2. The van der Waals surface area contributed by atoms with E-state index in [1.54, 1.807) is 36.4 Å². The number of nitrogens with one attached hydrogen (secondary N) is 5. The van der Waals surface area contributed by atoms with E-state index >= 15 is 0 Å². The number of hydrogen-bond donors (Lipinski definition) is 5. The number of hydrogen-bond acceptors (Lipinski definition) is 10. The summed E-state index contributed by atoms with van der Waals surface area (Å²) in [5, 5.41) is 9.95. The molecule has 0 spiro atoms. The first-order chi connectivity index (χ1) is 46.2. The second kappa shape index (κ2) is 29.3. The molecule has 10 aromatic rings. The zero-order valence-electron chi connectivity index (χ0n) is 53.8. The molecule has 0 atom stereocenters. The summed E-state index contributed by atoms with van der Waals surface area (Å²) >= 11 is 6.55. The van der Waals surface area contributed by atoms with Gasteiger partial charge >= 0.3 is 0 Å². The molecule has 472 valence electrons. The molecule has 5 N–H and O–H groups in total. The van der Waals surface area contributed by atoms with Crippen molar-refractivity contribution in [2.24, 2.45) is 0 Å². The number of nitrogens with zero attached hydrogens (tertiary/aromatic N) is 5. The number of rotatable bonds is 26. The van der Waals surface area contributed by atoms with E-state index in [0.717, 1.165) is 114 Å². The molecule has 4 aromatic heterocycles. The third kappa shape index (κ3) is 14.0. The highest BCUT2D eigenvalue weighted by Crippen LogP contribution is 2.40. The standard InChI is InChI=1S/C81H79ClN10O2/c1-4-7-10-13-19-52-26-32-55(33-27-52)72-64-42-44-66(86-64)73(56-34-28-53(29-35-56)20-14-11-8-5-2)68-46-48-70(88-68)75(71-49-47-69(89-71)74(67-45-43-65(72)87-67)57-36-30-54(31-37-57)21-15-12-9-6-3)58-38-40-59(41-39-58)85-81-91-79(82)90-80(92-81)84-51-50-83-63-25-18-24-62-76(63)78(94)61-23-17-16-22-60(61)77(62)93/h16-18,22-49,83,86,89H,4-15,19-21,50-51H2,1-3H3,(H2,84,85,90,91,92). The van der Waals surface area contributed by atoms with Crippen LogP contribution in [0.1, 0.15) is 169 Å². The Bertz CT molecular complexity index is 4590. The number of carbonyl (C=O) groups excluding carboxylic acids is 2. The number of benzene rings is 6. The van der Waals surface area contributed by atoms with Crippen LogP contribution in [0.2, 0.25) is 5.28 Å². The van der Waals surface area contributed by atoms with Crippen LogP contribution in [0.25, 0.3) is 90.9 Å². The van der Waals surface area contributed by atoms with Crippen LogP contribution < -0.4 is 16.0 Å². The number of aromatic nitrogens is 7. The molecule has 6 heterocycles. The molecule has 8 bridgehead atoms. The van der Waals surface area contributed by atoms with Crippen molar-refractivity contribution in [2.45, 2.75) is 117 Å². The second-order valence-corrected chi connectivity index (χ2v) is 25.1. The Labute approximate surface area is 555 Å². The van der Waals surface area contributed by atoms with Crippen LogP contribution in [0.15, 0.2) is 164 Å². The molecule has 6 aromatic carbocycles. The number of unbranched alkanes of at least 4 members (excludes halogenated alkanes) is 9. The fraction of sp³-hybridized carbons (Fsp3) is 0.247. The topological polar surface area (TPSA) is 166 Å². The van der Waals surface area contributed by atoms with E-state index in [-0.39, 0.29) is 28.7 Å². The summed E-state index contributed by atoms with van der Waals surface area (Å²) in [7, 11) is 0. The summed E-state index contributed by atoms with van der Waals surface area (Å²) in [6, 6.07) is 56.5. The van der Waals surface area contributed by atoms with E-state index in [0.29, 0.717) is 41.0 Å². The van der Waals surface area contributed by atoms with E-state index in [1.807, 2.05) is 18.2 Å². The van der Waals surface area contributed by atoms with Gasteiger partial charge in [-0.3, -0.25) is 9.59 Å². The lowest BCUT2D eigenvalue weighted by Crippen LogP contribution is -2.23. The molecule has 2 aliphatic heterocycles. The van der Waals surface area contributed by atoms with Gasteiger partial charge in [-0.2, -0.15) is 15.0 Å². The fourth-order valence-corrected chi connectivity index (χ4v) is 13.4. The predicted molar refractivity (Wildman–Crippen MR) is 389 cm³/mol. The van der Waals surface area contributed by atoms with Gasteiger partial charge in [0.05, 0.1) is 28.3 Å². The first-order valence-electron chi connectivity index (χ1n) is 33.7. The largest absolute Gasteiger partial charge is 0.383 e. The minimum absolute atomic E-state index is 0.0104. The van der Waals surface area contributed by atoms with Crippen LogP contribution in [0.4, 0.5) is 23.3 Å². The van der Waals surface area contributed by atoms with Gasteiger partial charge in [-0.15, -0.1) is 0 Å². The van der Waals surface area contributed by atoms with Crippen LogP contribution >= 0.6 is 11.6 Å². The lowest BCUT2D eigenvalue weighted by Gasteiger charge is -2.20. The monoisotopic (exact) mass is 1260 g/mol. The van der Waals surface area contributed by atoms with Crippen molar-refractivity contribution < 1.29 is 9.59 Å². The minimum Gasteiger partial charge on any atom is -0.383 e. The van der Waals surface area contributed by atoms with Gasteiger partial charge in [0, 0.05) is 85.5 Å². The van der Waals surface area contributed by atoms with E-state index < -0.39 is 0 Å². The van der Waals surface area contributed by atoms with E-state index in [2.05, 4.69) is 195 Å². The molecule has 0 amide bonds. The number of carbonyl (C=O) groups is 2. The average Bonchev–Trinajstić information content (AvgIpc) is 1.23. The Balaban J connectivity index is 0.878. The Kier molecular flexibility index (Phi) is 19.5. The van der Waals surface area contributed by atoms with Gasteiger partial charge in [0.15, 0.2) is 11.6 Å². The van der Waals surface area contributed by atoms with Crippen LogP contribution in [0.3, 0.4) is 0 Å². The van der Waals surface area contributed by atoms with Crippen LogP contribution in [-0.2, 0) is 19.3 Å². The molecule has 0 saturated heterocycles.